The van der Waals surface area contributed by atoms with Crippen molar-refractivity contribution in [3.05, 3.63) is 107 Å². The molecule has 0 unspecified atom stereocenters. The van der Waals surface area contributed by atoms with Crippen LogP contribution in [0, 0.1) is 11.6 Å². The van der Waals surface area contributed by atoms with Gasteiger partial charge in [0.15, 0.2) is 17.4 Å². The number of hydrogen-bond donors (Lipinski definition) is 0. The first-order valence-electron chi connectivity index (χ1n) is 10.4. The molecular weight excluding hydrogens is 438 g/mol. The lowest BCUT2D eigenvalue weighted by atomic mass is 10.1. The van der Waals surface area contributed by atoms with Gasteiger partial charge in [0.05, 0.1) is 5.56 Å². The third-order valence-corrected chi connectivity index (χ3v) is 5.55. The van der Waals surface area contributed by atoms with E-state index in [-0.39, 0.29) is 34.1 Å². The summed E-state index contributed by atoms with van der Waals surface area (Å²) in [7, 11) is 0. The molecule has 2 aromatic carbocycles. The summed E-state index contributed by atoms with van der Waals surface area (Å²) < 4.78 is 36.2. The van der Waals surface area contributed by atoms with Gasteiger partial charge in [0.1, 0.15) is 16.9 Å². The van der Waals surface area contributed by atoms with Gasteiger partial charge < -0.3 is 4.42 Å². The molecule has 0 amide bonds. The van der Waals surface area contributed by atoms with E-state index in [1.165, 1.54) is 41.2 Å². The van der Waals surface area contributed by atoms with Gasteiger partial charge in [0, 0.05) is 34.9 Å². The summed E-state index contributed by atoms with van der Waals surface area (Å²) in [5.74, 6) is -0.729. The second kappa shape index (κ2) is 7.70. The number of oxazole rings is 1. The summed E-state index contributed by atoms with van der Waals surface area (Å²) in [6.45, 7) is 0. The maximum absolute atomic E-state index is 15.4. The van der Waals surface area contributed by atoms with E-state index in [0.717, 1.165) is 0 Å². The standard InChI is InChI=1S/C26H14F2N4O2/c27-18-8-5-17(6-9-18)23-24(32-14-11-16-4-2-13-30-22(16)26(32)33)31-25(34-23)19-10-7-15-3-1-12-29-21(15)20(19)28/h1-14H. The highest BCUT2D eigenvalue weighted by molar-refractivity contribution is 5.84. The largest absolute Gasteiger partial charge is 0.434 e. The Hall–Kier alpha value is -4.72. The summed E-state index contributed by atoms with van der Waals surface area (Å²) in [6.07, 6.45) is 4.59. The Balaban J connectivity index is 1.62. The minimum absolute atomic E-state index is 0.0348. The van der Waals surface area contributed by atoms with Gasteiger partial charge >= 0.3 is 0 Å². The van der Waals surface area contributed by atoms with Crippen LogP contribution in [0.15, 0.2) is 94.5 Å². The Morgan fingerprint density at radius 3 is 2.26 bits per heavy atom. The summed E-state index contributed by atoms with van der Waals surface area (Å²) in [6, 6.07) is 17.5. The summed E-state index contributed by atoms with van der Waals surface area (Å²) in [5.41, 5.74) is 0.577. The van der Waals surface area contributed by atoms with Crippen LogP contribution in [0.25, 0.3) is 50.4 Å². The molecule has 0 bridgehead atoms. The number of halogens is 2. The zero-order valence-electron chi connectivity index (χ0n) is 17.4. The molecule has 0 fully saturated rings. The number of aromatic nitrogens is 4. The Kier molecular flexibility index (Phi) is 4.51. The van der Waals surface area contributed by atoms with Crippen LogP contribution < -0.4 is 5.56 Å². The Morgan fingerprint density at radius 1 is 0.794 bits per heavy atom. The topological polar surface area (TPSA) is 73.8 Å². The normalized spacial score (nSPS) is 11.4. The minimum Gasteiger partial charge on any atom is -0.434 e. The molecule has 6 rings (SSSR count). The molecule has 6 nitrogen and oxygen atoms in total. The Bertz CT molecular complexity index is 1760. The highest BCUT2D eigenvalue weighted by Crippen LogP contribution is 2.34. The third-order valence-electron chi connectivity index (χ3n) is 5.55. The van der Waals surface area contributed by atoms with Crippen LogP contribution in [-0.4, -0.2) is 19.5 Å². The van der Waals surface area contributed by atoms with E-state index in [1.54, 1.807) is 48.7 Å². The van der Waals surface area contributed by atoms with E-state index in [0.29, 0.717) is 16.3 Å². The van der Waals surface area contributed by atoms with Gasteiger partial charge in [0.25, 0.3) is 5.56 Å². The Labute approximate surface area is 190 Å². The summed E-state index contributed by atoms with van der Waals surface area (Å²) >= 11 is 0. The molecule has 0 atom stereocenters. The first-order valence-corrected chi connectivity index (χ1v) is 10.4. The van der Waals surface area contributed by atoms with Crippen molar-refractivity contribution in [2.24, 2.45) is 0 Å². The van der Waals surface area contributed by atoms with Crippen LogP contribution >= 0.6 is 0 Å². The predicted molar refractivity (Wildman–Crippen MR) is 123 cm³/mol. The molecule has 0 aliphatic rings. The van der Waals surface area contributed by atoms with E-state index in [2.05, 4.69) is 15.0 Å². The maximum Gasteiger partial charge on any atom is 0.282 e. The van der Waals surface area contributed by atoms with Gasteiger partial charge in [-0.05, 0) is 48.5 Å². The summed E-state index contributed by atoms with van der Waals surface area (Å²) in [4.78, 5) is 26.0. The van der Waals surface area contributed by atoms with Crippen LogP contribution in [0.4, 0.5) is 8.78 Å². The van der Waals surface area contributed by atoms with Crippen molar-refractivity contribution in [3.63, 3.8) is 0 Å². The maximum atomic E-state index is 15.4. The predicted octanol–water partition coefficient (Wildman–Crippen LogP) is 5.53. The molecule has 0 saturated heterocycles. The molecule has 164 valence electrons. The molecule has 0 N–H and O–H groups in total. The monoisotopic (exact) mass is 452 g/mol. The van der Waals surface area contributed by atoms with E-state index >= 15 is 4.39 Å². The van der Waals surface area contributed by atoms with E-state index in [1.807, 2.05) is 0 Å². The number of benzene rings is 2. The second-order valence-electron chi connectivity index (χ2n) is 7.61. The van der Waals surface area contributed by atoms with Crippen molar-refractivity contribution in [3.8, 4) is 28.6 Å². The van der Waals surface area contributed by atoms with Crippen LogP contribution in [0.2, 0.25) is 0 Å². The molecular formula is C26H14F2N4O2. The quantitative estimate of drug-likeness (QED) is 0.353. The van der Waals surface area contributed by atoms with E-state index in [9.17, 15) is 9.18 Å². The van der Waals surface area contributed by atoms with Crippen LogP contribution in [0.3, 0.4) is 0 Å². The van der Waals surface area contributed by atoms with E-state index in [4.69, 9.17) is 4.42 Å². The SMILES string of the molecule is O=c1c2ncccc2ccn1-c1nc(-c2ccc3cccnc3c2F)oc1-c1ccc(F)cc1. The Morgan fingerprint density at radius 2 is 1.50 bits per heavy atom. The van der Waals surface area contributed by atoms with Gasteiger partial charge in [-0.3, -0.25) is 19.3 Å². The average molecular weight is 452 g/mol. The number of nitrogens with zero attached hydrogens (tertiary/aromatic N) is 4. The van der Waals surface area contributed by atoms with Gasteiger partial charge in [0.2, 0.25) is 5.89 Å². The molecule has 4 aromatic heterocycles. The number of rotatable bonds is 3. The van der Waals surface area contributed by atoms with Crippen LogP contribution in [-0.2, 0) is 0 Å². The summed E-state index contributed by atoms with van der Waals surface area (Å²) in [5, 5.41) is 1.30. The average Bonchev–Trinajstić information content (AvgIpc) is 3.30. The molecule has 0 saturated carbocycles. The fraction of sp³-hybridized carbons (Fsp3) is 0. The number of fused-ring (bicyclic) bond motifs is 2. The number of hydrogen-bond acceptors (Lipinski definition) is 5. The van der Waals surface area contributed by atoms with Crippen molar-refractivity contribution in [2.75, 3.05) is 0 Å². The number of pyridine rings is 3. The van der Waals surface area contributed by atoms with Crippen molar-refractivity contribution in [1.29, 1.82) is 0 Å². The zero-order valence-corrected chi connectivity index (χ0v) is 17.4. The van der Waals surface area contributed by atoms with Crippen molar-refractivity contribution < 1.29 is 13.2 Å². The molecule has 0 radical (unpaired) electrons. The first-order chi connectivity index (χ1) is 16.6. The third kappa shape index (κ3) is 3.15. The molecule has 8 heteroatoms. The molecule has 4 heterocycles. The highest BCUT2D eigenvalue weighted by atomic mass is 19.1. The van der Waals surface area contributed by atoms with E-state index < -0.39 is 17.2 Å². The molecule has 6 aromatic rings. The van der Waals surface area contributed by atoms with Gasteiger partial charge in [-0.25, -0.2) is 8.78 Å². The lowest BCUT2D eigenvalue weighted by molar-refractivity contribution is 0.574. The molecule has 0 aliphatic heterocycles. The fourth-order valence-corrected chi connectivity index (χ4v) is 3.89. The lowest BCUT2D eigenvalue weighted by Crippen LogP contribution is -2.19. The van der Waals surface area contributed by atoms with Gasteiger partial charge in [-0.15, -0.1) is 0 Å². The molecule has 0 aliphatic carbocycles. The van der Waals surface area contributed by atoms with Crippen LogP contribution in [0.5, 0.6) is 0 Å². The minimum atomic E-state index is -0.593. The van der Waals surface area contributed by atoms with Crippen LogP contribution in [0.1, 0.15) is 0 Å². The lowest BCUT2D eigenvalue weighted by Gasteiger charge is -2.05. The van der Waals surface area contributed by atoms with Gasteiger partial charge in [-0.2, -0.15) is 4.98 Å². The van der Waals surface area contributed by atoms with Crippen molar-refractivity contribution in [2.45, 2.75) is 0 Å². The van der Waals surface area contributed by atoms with Gasteiger partial charge in [-0.1, -0.05) is 18.2 Å². The van der Waals surface area contributed by atoms with Crippen molar-refractivity contribution >= 4 is 21.8 Å². The molecule has 34 heavy (non-hydrogen) atoms. The smallest absolute Gasteiger partial charge is 0.282 e. The zero-order chi connectivity index (χ0) is 23.2. The first kappa shape index (κ1) is 19.9. The molecule has 0 spiro atoms. The second-order valence-corrected chi connectivity index (χ2v) is 7.61. The van der Waals surface area contributed by atoms with Crippen molar-refractivity contribution in [1.82, 2.24) is 19.5 Å². The highest BCUT2D eigenvalue weighted by Gasteiger charge is 2.22. The fourth-order valence-electron chi connectivity index (χ4n) is 3.89.